The maximum absolute atomic E-state index is 13.8. The van der Waals surface area contributed by atoms with Gasteiger partial charge in [0.05, 0.1) is 38.0 Å². The van der Waals surface area contributed by atoms with E-state index in [9.17, 15) is 9.59 Å². The van der Waals surface area contributed by atoms with Crippen LogP contribution < -0.4 is 19.8 Å². The fourth-order valence-electron chi connectivity index (χ4n) is 4.32. The van der Waals surface area contributed by atoms with E-state index in [0.717, 1.165) is 5.56 Å². The zero-order valence-electron chi connectivity index (χ0n) is 20.3. The van der Waals surface area contributed by atoms with Crippen LogP contribution >= 0.6 is 24.0 Å². The lowest BCUT2D eigenvalue weighted by Crippen LogP contribution is -2.43. The molecular formula is C27H23N3O5S2. The van der Waals surface area contributed by atoms with Gasteiger partial charge in [0.1, 0.15) is 11.2 Å². The van der Waals surface area contributed by atoms with Crippen LogP contribution in [0.15, 0.2) is 71.5 Å². The Morgan fingerprint density at radius 1 is 0.946 bits per heavy atom. The molecule has 1 aliphatic rings. The van der Waals surface area contributed by atoms with Crippen LogP contribution in [0.25, 0.3) is 22.3 Å². The van der Waals surface area contributed by atoms with Crippen molar-refractivity contribution in [1.29, 1.82) is 0 Å². The molecular weight excluding hydrogens is 510 g/mol. The van der Waals surface area contributed by atoms with Gasteiger partial charge in [-0.2, -0.15) is 0 Å². The van der Waals surface area contributed by atoms with Crippen LogP contribution in [-0.4, -0.2) is 52.6 Å². The highest BCUT2D eigenvalue weighted by Gasteiger charge is 2.38. The van der Waals surface area contributed by atoms with Gasteiger partial charge in [0.2, 0.25) is 11.7 Å². The number of ether oxygens (including phenoxy) is 3. The van der Waals surface area contributed by atoms with Gasteiger partial charge in [0.15, 0.2) is 16.6 Å². The number of aromatic nitrogens is 2. The van der Waals surface area contributed by atoms with Gasteiger partial charge in [0, 0.05) is 5.56 Å². The van der Waals surface area contributed by atoms with E-state index in [-0.39, 0.29) is 22.3 Å². The lowest BCUT2D eigenvalue weighted by Gasteiger charge is -2.27. The maximum Gasteiger partial charge on any atom is 0.268 e. The highest BCUT2D eigenvalue weighted by molar-refractivity contribution is 8.00. The molecule has 8 nitrogen and oxygen atoms in total. The van der Waals surface area contributed by atoms with Gasteiger partial charge in [-0.15, -0.1) is 11.8 Å². The van der Waals surface area contributed by atoms with Gasteiger partial charge in [-0.25, -0.2) is 9.55 Å². The van der Waals surface area contributed by atoms with Crippen LogP contribution in [0.3, 0.4) is 0 Å². The van der Waals surface area contributed by atoms with Crippen molar-refractivity contribution in [2.75, 3.05) is 27.1 Å². The average molecular weight is 534 g/mol. The Labute approximate surface area is 222 Å². The van der Waals surface area contributed by atoms with Crippen molar-refractivity contribution in [1.82, 2.24) is 14.5 Å². The molecule has 0 saturated carbocycles. The molecule has 1 aliphatic heterocycles. The van der Waals surface area contributed by atoms with E-state index in [2.05, 4.69) is 0 Å². The lowest BCUT2D eigenvalue weighted by molar-refractivity contribution is -0.124. The number of benzene rings is 3. The lowest BCUT2D eigenvalue weighted by atomic mass is 10.1. The number of hydrogen-bond acceptors (Lipinski definition) is 8. The summed E-state index contributed by atoms with van der Waals surface area (Å²) in [7, 11) is 4.59. The van der Waals surface area contributed by atoms with Crippen LogP contribution in [0.2, 0.25) is 0 Å². The minimum atomic E-state index is -0.518. The van der Waals surface area contributed by atoms with Crippen LogP contribution in [0.5, 0.6) is 17.2 Å². The molecule has 1 amide bonds. The normalized spacial score (nSPS) is 15.2. The first-order valence-corrected chi connectivity index (χ1v) is 12.8. The molecule has 0 spiro atoms. The SMILES string of the molecule is COc1cc(C2SCC(=O)N2C(=S)n2c(-c3ccccc3)nc3ccccc3c2=O)cc(OC)c1OC. The second kappa shape index (κ2) is 10.2. The van der Waals surface area contributed by atoms with Crippen LogP contribution in [-0.2, 0) is 4.79 Å². The molecule has 0 radical (unpaired) electrons. The summed E-state index contributed by atoms with van der Waals surface area (Å²) < 4.78 is 17.8. The number of thiocarbonyl (C=S) groups is 1. The topological polar surface area (TPSA) is 82.9 Å². The van der Waals surface area contributed by atoms with E-state index in [1.807, 2.05) is 36.4 Å². The van der Waals surface area contributed by atoms with E-state index in [1.165, 1.54) is 42.6 Å². The van der Waals surface area contributed by atoms with Crippen molar-refractivity contribution in [2.24, 2.45) is 0 Å². The number of carbonyl (C=O) groups excluding carboxylic acids is 1. The van der Waals surface area contributed by atoms with Crippen molar-refractivity contribution >= 4 is 45.9 Å². The number of para-hydroxylation sites is 1. The Hall–Kier alpha value is -3.89. The molecule has 4 aromatic rings. The van der Waals surface area contributed by atoms with Crippen molar-refractivity contribution in [3.8, 4) is 28.6 Å². The number of nitrogens with zero attached hydrogens (tertiary/aromatic N) is 3. The van der Waals surface area contributed by atoms with E-state index >= 15 is 0 Å². The van der Waals surface area contributed by atoms with Crippen molar-refractivity contribution in [2.45, 2.75) is 5.37 Å². The molecule has 3 aromatic carbocycles. The Morgan fingerprint density at radius 2 is 1.59 bits per heavy atom. The van der Waals surface area contributed by atoms with Gasteiger partial charge in [-0.1, -0.05) is 42.5 Å². The standard InChI is InChI=1S/C27H23N3O5S2/c1-33-20-13-17(14-21(34-2)23(20)35-3)26-29(22(31)15-37-26)27(36)30-24(16-9-5-4-6-10-16)28-19-12-8-7-11-18(19)25(30)32/h4-14,26H,15H2,1-3H3. The molecule has 0 N–H and O–H groups in total. The number of thioether (sulfide) groups is 1. The molecule has 2 heterocycles. The molecule has 1 aromatic heterocycles. The molecule has 188 valence electrons. The monoisotopic (exact) mass is 533 g/mol. The smallest absolute Gasteiger partial charge is 0.268 e. The summed E-state index contributed by atoms with van der Waals surface area (Å²) in [5.74, 6) is 1.70. The van der Waals surface area contributed by atoms with Crippen LogP contribution in [0.1, 0.15) is 10.9 Å². The fourth-order valence-corrected chi connectivity index (χ4v) is 5.90. The zero-order valence-corrected chi connectivity index (χ0v) is 22.0. The molecule has 0 bridgehead atoms. The highest BCUT2D eigenvalue weighted by atomic mass is 32.2. The minimum Gasteiger partial charge on any atom is -0.493 e. The Kier molecular flexibility index (Phi) is 6.86. The number of hydrogen-bond donors (Lipinski definition) is 0. The fraction of sp³-hybridized carbons (Fsp3) is 0.185. The van der Waals surface area contributed by atoms with E-state index in [4.69, 9.17) is 31.4 Å². The Bertz CT molecular complexity index is 1550. The maximum atomic E-state index is 13.8. The first-order chi connectivity index (χ1) is 18.0. The van der Waals surface area contributed by atoms with Gasteiger partial charge >= 0.3 is 0 Å². The second-order valence-electron chi connectivity index (χ2n) is 8.13. The van der Waals surface area contributed by atoms with Gasteiger partial charge in [-0.05, 0) is 42.0 Å². The second-order valence-corrected chi connectivity index (χ2v) is 9.56. The first kappa shape index (κ1) is 24.8. The van der Waals surface area contributed by atoms with Crippen LogP contribution in [0.4, 0.5) is 0 Å². The predicted molar refractivity (Wildman–Crippen MR) is 148 cm³/mol. The molecule has 1 unspecified atom stereocenters. The van der Waals surface area contributed by atoms with Gasteiger partial charge in [0.25, 0.3) is 5.56 Å². The summed E-state index contributed by atoms with van der Waals surface area (Å²) in [6.45, 7) is 0. The largest absolute Gasteiger partial charge is 0.493 e. The third-order valence-electron chi connectivity index (χ3n) is 6.05. The third kappa shape index (κ3) is 4.32. The number of carbonyl (C=O) groups is 1. The Morgan fingerprint density at radius 3 is 2.24 bits per heavy atom. The van der Waals surface area contributed by atoms with E-state index < -0.39 is 5.37 Å². The molecule has 5 rings (SSSR count). The van der Waals surface area contributed by atoms with Gasteiger partial charge in [-0.3, -0.25) is 14.5 Å². The summed E-state index contributed by atoms with van der Waals surface area (Å²) in [6, 6.07) is 20.0. The molecule has 1 fully saturated rings. The molecule has 10 heteroatoms. The average Bonchev–Trinajstić information content (AvgIpc) is 3.33. The first-order valence-electron chi connectivity index (χ1n) is 11.3. The third-order valence-corrected chi connectivity index (χ3v) is 7.64. The van der Waals surface area contributed by atoms with Crippen molar-refractivity contribution in [3.05, 3.63) is 82.6 Å². The highest BCUT2D eigenvalue weighted by Crippen LogP contribution is 2.46. The minimum absolute atomic E-state index is 0.0517. The molecule has 1 saturated heterocycles. The molecule has 0 aliphatic carbocycles. The summed E-state index contributed by atoms with van der Waals surface area (Å²) in [5, 5.41) is -0.0558. The van der Waals surface area contributed by atoms with E-state index in [0.29, 0.717) is 39.5 Å². The Balaban J connectivity index is 1.68. The summed E-state index contributed by atoms with van der Waals surface area (Å²) in [6.07, 6.45) is 0. The van der Waals surface area contributed by atoms with Gasteiger partial charge < -0.3 is 14.2 Å². The summed E-state index contributed by atoms with van der Waals surface area (Å²) in [4.78, 5) is 33.2. The quantitative estimate of drug-likeness (QED) is 0.347. The number of rotatable bonds is 5. The number of amides is 1. The predicted octanol–water partition coefficient (Wildman–Crippen LogP) is 4.50. The van der Waals surface area contributed by atoms with E-state index in [1.54, 1.807) is 30.3 Å². The molecule has 1 atom stereocenters. The van der Waals surface area contributed by atoms with Crippen molar-refractivity contribution in [3.63, 3.8) is 0 Å². The number of fused-ring (bicyclic) bond motifs is 1. The van der Waals surface area contributed by atoms with Crippen molar-refractivity contribution < 1.29 is 19.0 Å². The van der Waals surface area contributed by atoms with Crippen LogP contribution in [0, 0.1) is 0 Å². The summed E-state index contributed by atoms with van der Waals surface area (Å²) >= 11 is 7.27. The summed E-state index contributed by atoms with van der Waals surface area (Å²) in [5.41, 5.74) is 1.63. The molecule has 37 heavy (non-hydrogen) atoms. The zero-order chi connectivity index (χ0) is 26.1. The number of methoxy groups -OCH3 is 3.